The fourth-order valence-electron chi connectivity index (χ4n) is 2.79. The summed E-state index contributed by atoms with van der Waals surface area (Å²) >= 11 is 0. The number of nitrogens with zero attached hydrogens (tertiary/aromatic N) is 4. The average molecular weight is 296 g/mol. The van der Waals surface area contributed by atoms with Crippen LogP contribution in [0.3, 0.4) is 0 Å². The Bertz CT molecular complexity index is 673. The molecule has 4 heteroatoms. The van der Waals surface area contributed by atoms with Crippen molar-refractivity contribution in [1.29, 1.82) is 0 Å². The first-order chi connectivity index (χ1) is 10.4. The standard InChI is InChI=1S/C18H24N4/c1-13-6-5-7-15(20-13)12-22-9-8-16-14(11-22)10-19-17(21-16)18(2,3)4/h5-7,10H,8-9,11-12H2,1-4H3. The number of rotatable bonds is 2. The lowest BCUT2D eigenvalue weighted by Gasteiger charge is -2.28. The van der Waals surface area contributed by atoms with Crippen molar-refractivity contribution in [3.63, 3.8) is 0 Å². The Morgan fingerprint density at radius 1 is 1.18 bits per heavy atom. The molecule has 0 bridgehead atoms. The highest BCUT2D eigenvalue weighted by atomic mass is 15.1. The summed E-state index contributed by atoms with van der Waals surface area (Å²) in [5.74, 6) is 0.944. The largest absolute Gasteiger partial charge is 0.293 e. The van der Waals surface area contributed by atoms with Gasteiger partial charge in [0, 0.05) is 54.6 Å². The van der Waals surface area contributed by atoms with Gasteiger partial charge in [0.25, 0.3) is 0 Å². The van der Waals surface area contributed by atoms with Gasteiger partial charge in [-0.25, -0.2) is 9.97 Å². The SMILES string of the molecule is Cc1cccc(CN2CCc3nc(C(C)(C)C)ncc3C2)n1. The number of fused-ring (bicyclic) bond motifs is 1. The van der Waals surface area contributed by atoms with E-state index in [1.807, 2.05) is 19.2 Å². The van der Waals surface area contributed by atoms with E-state index in [2.05, 4.69) is 47.8 Å². The summed E-state index contributed by atoms with van der Waals surface area (Å²) in [6, 6.07) is 6.22. The van der Waals surface area contributed by atoms with Crippen LogP contribution >= 0.6 is 0 Å². The summed E-state index contributed by atoms with van der Waals surface area (Å²) < 4.78 is 0. The number of aromatic nitrogens is 3. The molecular weight excluding hydrogens is 272 g/mol. The van der Waals surface area contributed by atoms with Gasteiger partial charge in [-0.05, 0) is 19.1 Å². The third kappa shape index (κ3) is 3.33. The third-order valence-electron chi connectivity index (χ3n) is 4.02. The molecule has 0 radical (unpaired) electrons. The lowest BCUT2D eigenvalue weighted by atomic mass is 9.95. The van der Waals surface area contributed by atoms with Crippen LogP contribution in [0, 0.1) is 6.92 Å². The van der Waals surface area contributed by atoms with Crippen LogP contribution < -0.4 is 0 Å². The molecule has 3 rings (SSSR count). The molecule has 2 aromatic heterocycles. The summed E-state index contributed by atoms with van der Waals surface area (Å²) in [5, 5.41) is 0. The molecule has 2 aromatic rings. The molecule has 0 aliphatic carbocycles. The predicted molar refractivity (Wildman–Crippen MR) is 87.5 cm³/mol. The van der Waals surface area contributed by atoms with Crippen LogP contribution in [0.25, 0.3) is 0 Å². The Morgan fingerprint density at radius 2 is 2.00 bits per heavy atom. The van der Waals surface area contributed by atoms with Crippen molar-refractivity contribution in [2.45, 2.75) is 52.6 Å². The molecule has 0 fully saturated rings. The molecule has 0 atom stereocenters. The fraction of sp³-hybridized carbons (Fsp3) is 0.500. The third-order valence-corrected chi connectivity index (χ3v) is 4.02. The molecule has 0 saturated heterocycles. The molecule has 0 aromatic carbocycles. The van der Waals surface area contributed by atoms with Gasteiger partial charge >= 0.3 is 0 Å². The first kappa shape index (κ1) is 15.1. The maximum Gasteiger partial charge on any atom is 0.133 e. The van der Waals surface area contributed by atoms with E-state index in [0.29, 0.717) is 0 Å². The second-order valence-corrected chi connectivity index (χ2v) is 7.15. The molecule has 116 valence electrons. The van der Waals surface area contributed by atoms with Gasteiger partial charge in [-0.2, -0.15) is 0 Å². The summed E-state index contributed by atoms with van der Waals surface area (Å²) in [6.07, 6.45) is 3.01. The minimum atomic E-state index is 0.0116. The predicted octanol–water partition coefficient (Wildman–Crippen LogP) is 3.04. The smallest absolute Gasteiger partial charge is 0.133 e. The molecular formula is C18H24N4. The van der Waals surface area contributed by atoms with Gasteiger partial charge < -0.3 is 0 Å². The highest BCUT2D eigenvalue weighted by Crippen LogP contribution is 2.23. The van der Waals surface area contributed by atoms with Crippen molar-refractivity contribution in [2.24, 2.45) is 0 Å². The summed E-state index contributed by atoms with van der Waals surface area (Å²) in [5.41, 5.74) is 4.70. The van der Waals surface area contributed by atoms with E-state index in [1.54, 1.807) is 0 Å². The lowest BCUT2D eigenvalue weighted by Crippen LogP contribution is -2.32. The lowest BCUT2D eigenvalue weighted by molar-refractivity contribution is 0.239. The Hall–Kier alpha value is -1.81. The first-order valence-corrected chi connectivity index (χ1v) is 7.92. The zero-order valence-electron chi connectivity index (χ0n) is 13.9. The molecule has 0 unspecified atom stereocenters. The van der Waals surface area contributed by atoms with Crippen LogP contribution in [0.2, 0.25) is 0 Å². The topological polar surface area (TPSA) is 41.9 Å². The Morgan fingerprint density at radius 3 is 2.73 bits per heavy atom. The Labute approximate surface area is 132 Å². The fourth-order valence-corrected chi connectivity index (χ4v) is 2.79. The number of pyridine rings is 1. The van der Waals surface area contributed by atoms with Gasteiger partial charge in [0.05, 0.1) is 5.69 Å². The Kier molecular flexibility index (Phi) is 3.96. The zero-order valence-corrected chi connectivity index (χ0v) is 13.9. The molecule has 0 spiro atoms. The minimum absolute atomic E-state index is 0.0116. The van der Waals surface area contributed by atoms with Crippen LogP contribution in [0.15, 0.2) is 24.4 Å². The van der Waals surface area contributed by atoms with E-state index >= 15 is 0 Å². The van der Waals surface area contributed by atoms with E-state index < -0.39 is 0 Å². The van der Waals surface area contributed by atoms with Crippen LogP contribution in [0.4, 0.5) is 0 Å². The second kappa shape index (κ2) is 5.76. The maximum atomic E-state index is 4.79. The maximum absolute atomic E-state index is 4.79. The number of hydrogen-bond acceptors (Lipinski definition) is 4. The molecule has 0 saturated carbocycles. The van der Waals surface area contributed by atoms with Gasteiger partial charge in [-0.1, -0.05) is 26.8 Å². The quantitative estimate of drug-likeness (QED) is 0.854. The number of aryl methyl sites for hydroxylation is 1. The highest BCUT2D eigenvalue weighted by molar-refractivity contribution is 5.22. The van der Waals surface area contributed by atoms with Gasteiger partial charge in [-0.3, -0.25) is 9.88 Å². The van der Waals surface area contributed by atoms with Crippen molar-refractivity contribution in [3.05, 3.63) is 52.9 Å². The van der Waals surface area contributed by atoms with Crippen LogP contribution in [0.5, 0.6) is 0 Å². The molecule has 1 aliphatic rings. The highest BCUT2D eigenvalue weighted by Gasteiger charge is 2.22. The van der Waals surface area contributed by atoms with Crippen molar-refractivity contribution in [2.75, 3.05) is 6.54 Å². The molecule has 22 heavy (non-hydrogen) atoms. The van der Waals surface area contributed by atoms with Crippen molar-refractivity contribution >= 4 is 0 Å². The van der Waals surface area contributed by atoms with E-state index in [-0.39, 0.29) is 5.41 Å². The number of hydrogen-bond donors (Lipinski definition) is 0. The van der Waals surface area contributed by atoms with E-state index in [0.717, 1.165) is 43.3 Å². The monoisotopic (exact) mass is 296 g/mol. The second-order valence-electron chi connectivity index (χ2n) is 7.15. The minimum Gasteiger partial charge on any atom is -0.293 e. The summed E-state index contributed by atoms with van der Waals surface area (Å²) in [6.45, 7) is 11.4. The van der Waals surface area contributed by atoms with Crippen molar-refractivity contribution in [1.82, 2.24) is 19.9 Å². The molecule has 1 aliphatic heterocycles. The summed E-state index contributed by atoms with van der Waals surface area (Å²) in [7, 11) is 0. The zero-order chi connectivity index (χ0) is 15.7. The van der Waals surface area contributed by atoms with E-state index in [1.165, 1.54) is 11.3 Å². The normalized spacial score (nSPS) is 15.6. The van der Waals surface area contributed by atoms with Gasteiger partial charge in [-0.15, -0.1) is 0 Å². The molecule has 4 nitrogen and oxygen atoms in total. The first-order valence-electron chi connectivity index (χ1n) is 7.92. The molecule has 0 N–H and O–H groups in total. The van der Waals surface area contributed by atoms with E-state index in [4.69, 9.17) is 4.98 Å². The van der Waals surface area contributed by atoms with Crippen LogP contribution in [-0.4, -0.2) is 26.4 Å². The average Bonchev–Trinajstić information content (AvgIpc) is 2.45. The molecule has 0 amide bonds. The summed E-state index contributed by atoms with van der Waals surface area (Å²) in [4.78, 5) is 16.4. The van der Waals surface area contributed by atoms with Gasteiger partial charge in [0.1, 0.15) is 5.82 Å². The van der Waals surface area contributed by atoms with Crippen molar-refractivity contribution in [3.8, 4) is 0 Å². The van der Waals surface area contributed by atoms with E-state index in [9.17, 15) is 0 Å². The van der Waals surface area contributed by atoms with Crippen LogP contribution in [0.1, 0.15) is 49.2 Å². The van der Waals surface area contributed by atoms with Gasteiger partial charge in [0.15, 0.2) is 0 Å². The molecule has 3 heterocycles. The van der Waals surface area contributed by atoms with Crippen LogP contribution in [-0.2, 0) is 24.9 Å². The van der Waals surface area contributed by atoms with Crippen molar-refractivity contribution < 1.29 is 0 Å². The Balaban J connectivity index is 1.74. The van der Waals surface area contributed by atoms with Gasteiger partial charge in [0.2, 0.25) is 0 Å².